The van der Waals surface area contributed by atoms with Crippen LogP contribution in [0.2, 0.25) is 0 Å². The summed E-state index contributed by atoms with van der Waals surface area (Å²) >= 11 is 0. The van der Waals surface area contributed by atoms with Crippen LogP contribution in [0, 0.1) is 17.8 Å². The maximum atomic E-state index is 11.9. The number of nitrogens with zero attached hydrogens (tertiary/aromatic N) is 3. The molecule has 30 heavy (non-hydrogen) atoms. The predicted molar refractivity (Wildman–Crippen MR) is 120 cm³/mol. The number of rotatable bonds is 20. The topological polar surface area (TPSA) is 123 Å². The molecule has 0 aliphatic heterocycles. The molecule has 174 valence electrons. The minimum atomic E-state index is -1.00. The first-order chi connectivity index (χ1) is 14.4. The van der Waals surface area contributed by atoms with Crippen molar-refractivity contribution in [3.63, 3.8) is 0 Å². The van der Waals surface area contributed by atoms with E-state index >= 15 is 0 Å². The fourth-order valence-electron chi connectivity index (χ4n) is 4.15. The number of carboxylic acid groups (broad SMARTS) is 2. The molecule has 0 amide bonds. The van der Waals surface area contributed by atoms with Gasteiger partial charge in [-0.2, -0.15) is 0 Å². The monoisotopic (exact) mass is 425 g/mol. The van der Waals surface area contributed by atoms with Crippen molar-refractivity contribution < 1.29 is 19.8 Å². The molecule has 7 heteroatoms. The second kappa shape index (κ2) is 18.1. The van der Waals surface area contributed by atoms with Gasteiger partial charge in [0.1, 0.15) is 0 Å². The third-order valence-corrected chi connectivity index (χ3v) is 6.08. The zero-order valence-electron chi connectivity index (χ0n) is 19.3. The Morgan fingerprint density at radius 1 is 0.800 bits per heavy atom. The number of unbranched alkanes of at least 4 members (excludes halogenated alkanes) is 9. The van der Waals surface area contributed by atoms with Crippen LogP contribution in [0.1, 0.15) is 111 Å². The summed E-state index contributed by atoms with van der Waals surface area (Å²) in [5.74, 6) is -3.55. The highest BCUT2D eigenvalue weighted by molar-refractivity contribution is 5.72. The van der Waals surface area contributed by atoms with Crippen LogP contribution in [0.5, 0.6) is 0 Å². The first-order valence-electron chi connectivity index (χ1n) is 11.9. The molecule has 4 unspecified atom stereocenters. The maximum absolute atomic E-state index is 11.9. The largest absolute Gasteiger partial charge is 0.481 e. The molecule has 0 rings (SSSR count). The lowest BCUT2D eigenvalue weighted by Crippen LogP contribution is -2.32. The summed E-state index contributed by atoms with van der Waals surface area (Å²) in [5.41, 5.74) is 8.92. The van der Waals surface area contributed by atoms with E-state index in [1.54, 1.807) is 0 Å². The highest BCUT2D eigenvalue weighted by Gasteiger charge is 2.33. The summed E-state index contributed by atoms with van der Waals surface area (Å²) in [6.07, 6.45) is 13.0. The van der Waals surface area contributed by atoms with Crippen LogP contribution in [0.15, 0.2) is 5.11 Å². The van der Waals surface area contributed by atoms with Gasteiger partial charge in [0, 0.05) is 4.91 Å². The first-order valence-corrected chi connectivity index (χ1v) is 11.9. The van der Waals surface area contributed by atoms with Crippen LogP contribution in [0.4, 0.5) is 0 Å². The molecule has 7 nitrogen and oxygen atoms in total. The molecular formula is C23H43N3O4. The van der Waals surface area contributed by atoms with E-state index in [9.17, 15) is 19.8 Å². The normalized spacial score (nSPS) is 15.0. The number of aliphatic carboxylic acids is 2. The van der Waals surface area contributed by atoms with Crippen molar-refractivity contribution >= 4 is 11.9 Å². The van der Waals surface area contributed by atoms with E-state index in [4.69, 9.17) is 5.53 Å². The third kappa shape index (κ3) is 12.7. The molecule has 0 aliphatic rings. The summed E-state index contributed by atoms with van der Waals surface area (Å²) in [7, 11) is 0. The summed E-state index contributed by atoms with van der Waals surface area (Å²) in [6.45, 7) is 6.12. The van der Waals surface area contributed by atoms with Crippen molar-refractivity contribution in [2.24, 2.45) is 22.9 Å². The van der Waals surface area contributed by atoms with Gasteiger partial charge in [-0.15, -0.1) is 0 Å². The summed E-state index contributed by atoms with van der Waals surface area (Å²) < 4.78 is 0. The molecule has 0 aliphatic carbocycles. The van der Waals surface area contributed by atoms with Crippen molar-refractivity contribution in [1.29, 1.82) is 0 Å². The number of carbonyl (C=O) groups is 2. The number of azide groups is 1. The van der Waals surface area contributed by atoms with E-state index in [2.05, 4.69) is 23.9 Å². The molecule has 4 atom stereocenters. The summed E-state index contributed by atoms with van der Waals surface area (Å²) in [5, 5.41) is 23.2. The van der Waals surface area contributed by atoms with Crippen LogP contribution in [-0.4, -0.2) is 28.2 Å². The van der Waals surface area contributed by atoms with E-state index in [0.29, 0.717) is 12.8 Å². The molecule has 0 spiro atoms. The highest BCUT2D eigenvalue weighted by atomic mass is 16.4. The van der Waals surface area contributed by atoms with Gasteiger partial charge in [0.2, 0.25) is 0 Å². The van der Waals surface area contributed by atoms with Gasteiger partial charge in [0.05, 0.1) is 17.9 Å². The maximum Gasteiger partial charge on any atom is 0.306 e. The van der Waals surface area contributed by atoms with Gasteiger partial charge < -0.3 is 10.2 Å². The molecular weight excluding hydrogens is 382 g/mol. The SMILES string of the molecule is CCCCCCCCC(C(=O)O)C(C)CC(C(=O)O)C(CCCCCCC)N=[N+]=[N-]. The van der Waals surface area contributed by atoms with E-state index < -0.39 is 29.8 Å². The molecule has 0 bridgehead atoms. The van der Waals surface area contributed by atoms with Crippen molar-refractivity contribution in [1.82, 2.24) is 0 Å². The fraction of sp³-hybridized carbons (Fsp3) is 0.913. The zero-order valence-corrected chi connectivity index (χ0v) is 19.3. The second-order valence-corrected chi connectivity index (χ2v) is 8.63. The fourth-order valence-corrected chi connectivity index (χ4v) is 4.15. The van der Waals surface area contributed by atoms with Crippen molar-refractivity contribution in [2.75, 3.05) is 0 Å². The Balaban J connectivity index is 4.86. The molecule has 0 aromatic heterocycles. The molecule has 0 aromatic rings. The molecule has 0 saturated carbocycles. The van der Waals surface area contributed by atoms with Crippen molar-refractivity contribution in [3.8, 4) is 0 Å². The Kier molecular flexibility index (Phi) is 17.0. The van der Waals surface area contributed by atoms with E-state index in [1.165, 1.54) is 19.3 Å². The Hall–Kier alpha value is -1.75. The van der Waals surface area contributed by atoms with Crippen LogP contribution in [0.25, 0.3) is 10.4 Å². The van der Waals surface area contributed by atoms with Gasteiger partial charge >= 0.3 is 11.9 Å². The molecule has 0 radical (unpaired) electrons. The Morgan fingerprint density at radius 3 is 1.73 bits per heavy atom. The number of carboxylic acids is 2. The minimum absolute atomic E-state index is 0.223. The van der Waals surface area contributed by atoms with Crippen LogP contribution >= 0.6 is 0 Å². The highest BCUT2D eigenvalue weighted by Crippen LogP contribution is 2.30. The van der Waals surface area contributed by atoms with Gasteiger partial charge in [-0.1, -0.05) is 96.5 Å². The molecule has 0 heterocycles. The standard InChI is InChI=1S/C23H43N3O4/c1-4-6-8-10-12-13-15-19(22(27)28)18(3)17-20(23(29)30)21(25-26-24)16-14-11-9-7-5-2/h18-21H,4-17H2,1-3H3,(H,27,28)(H,29,30). The lowest BCUT2D eigenvalue weighted by Gasteiger charge is -2.26. The van der Waals surface area contributed by atoms with Crippen molar-refractivity contribution in [3.05, 3.63) is 10.4 Å². The lowest BCUT2D eigenvalue weighted by atomic mass is 9.79. The molecule has 0 aromatic carbocycles. The van der Waals surface area contributed by atoms with Crippen LogP contribution in [0.3, 0.4) is 0 Å². The first kappa shape index (κ1) is 28.2. The lowest BCUT2D eigenvalue weighted by molar-refractivity contribution is -0.147. The second-order valence-electron chi connectivity index (χ2n) is 8.63. The Bertz CT molecular complexity index is 521. The van der Waals surface area contributed by atoms with Crippen LogP contribution < -0.4 is 0 Å². The van der Waals surface area contributed by atoms with Gasteiger partial charge in [-0.05, 0) is 30.7 Å². The number of hydrogen-bond acceptors (Lipinski definition) is 3. The van der Waals surface area contributed by atoms with E-state index in [0.717, 1.165) is 51.4 Å². The van der Waals surface area contributed by atoms with E-state index in [1.807, 2.05) is 6.92 Å². The quantitative estimate of drug-likeness (QED) is 0.0925. The van der Waals surface area contributed by atoms with Gasteiger partial charge in [-0.25, -0.2) is 0 Å². The average Bonchev–Trinajstić information content (AvgIpc) is 2.70. The van der Waals surface area contributed by atoms with Crippen LogP contribution in [-0.2, 0) is 9.59 Å². The zero-order chi connectivity index (χ0) is 22.8. The smallest absolute Gasteiger partial charge is 0.306 e. The van der Waals surface area contributed by atoms with Gasteiger partial charge in [0.15, 0.2) is 0 Å². The predicted octanol–water partition coefficient (Wildman–Crippen LogP) is 7.20. The summed E-state index contributed by atoms with van der Waals surface area (Å²) in [6, 6.07) is -0.625. The molecule has 0 saturated heterocycles. The summed E-state index contributed by atoms with van der Waals surface area (Å²) in [4.78, 5) is 26.6. The van der Waals surface area contributed by atoms with E-state index in [-0.39, 0.29) is 12.3 Å². The van der Waals surface area contributed by atoms with Crippen molar-refractivity contribution in [2.45, 2.75) is 117 Å². The number of hydrogen-bond donors (Lipinski definition) is 2. The average molecular weight is 426 g/mol. The third-order valence-electron chi connectivity index (χ3n) is 6.08. The minimum Gasteiger partial charge on any atom is -0.481 e. The van der Waals surface area contributed by atoms with Gasteiger partial charge in [-0.3, -0.25) is 9.59 Å². The Labute approximate surface area is 182 Å². The molecule has 2 N–H and O–H groups in total. The molecule has 0 fully saturated rings. The Morgan fingerprint density at radius 2 is 1.27 bits per heavy atom. The van der Waals surface area contributed by atoms with Gasteiger partial charge in [0.25, 0.3) is 0 Å².